The van der Waals surface area contributed by atoms with Gasteiger partial charge in [0.2, 0.25) is 0 Å². The van der Waals surface area contributed by atoms with E-state index in [9.17, 15) is 4.79 Å². The number of nitrogens with one attached hydrogen (secondary N) is 2. The number of morpholine rings is 1. The Bertz CT molecular complexity index is 591. The van der Waals surface area contributed by atoms with Crippen molar-refractivity contribution >= 4 is 22.9 Å². The van der Waals surface area contributed by atoms with Gasteiger partial charge in [-0.3, -0.25) is 4.90 Å². The maximum absolute atomic E-state index is 9.99. The lowest BCUT2D eigenvalue weighted by molar-refractivity contribution is -0.108. The molecular weight excluding hydrogens is 350 g/mol. The Balaban J connectivity index is 0. The first-order valence-electron chi connectivity index (χ1n) is 10.7. The van der Waals surface area contributed by atoms with E-state index in [4.69, 9.17) is 4.74 Å². The van der Waals surface area contributed by atoms with Crippen LogP contribution in [0.25, 0.3) is 10.9 Å². The number of H-pyrrole nitrogens is 1. The van der Waals surface area contributed by atoms with E-state index < -0.39 is 0 Å². The highest BCUT2D eigenvalue weighted by Crippen LogP contribution is 2.23. The second kappa shape index (κ2) is 19.9. The zero-order valence-corrected chi connectivity index (χ0v) is 19.4. The van der Waals surface area contributed by atoms with Gasteiger partial charge in [-0.15, -0.1) is 0 Å². The van der Waals surface area contributed by atoms with Gasteiger partial charge in [0.05, 0.1) is 13.2 Å². The number of carbonyl (C=O) groups is 1. The second-order valence-corrected chi connectivity index (χ2v) is 5.38. The van der Waals surface area contributed by atoms with E-state index in [1.165, 1.54) is 22.3 Å². The van der Waals surface area contributed by atoms with Crippen molar-refractivity contribution in [3.63, 3.8) is 0 Å². The predicted molar refractivity (Wildman–Crippen MR) is 125 cm³/mol. The lowest BCUT2D eigenvalue weighted by Crippen LogP contribution is -2.36. The number of aldehydes is 1. The van der Waals surface area contributed by atoms with Crippen molar-refractivity contribution < 1.29 is 9.53 Å². The van der Waals surface area contributed by atoms with Crippen molar-refractivity contribution in [1.29, 1.82) is 0 Å². The Hall–Kier alpha value is -1.85. The minimum Gasteiger partial charge on any atom is -0.388 e. The van der Waals surface area contributed by atoms with Crippen LogP contribution in [-0.2, 0) is 9.53 Å². The third-order valence-electron chi connectivity index (χ3n) is 3.74. The number of nitrogens with zero attached hydrogens (tertiary/aromatic N) is 1. The van der Waals surface area contributed by atoms with Crippen molar-refractivity contribution in [1.82, 2.24) is 9.88 Å². The summed E-state index contributed by atoms with van der Waals surface area (Å²) in [5.74, 6) is 0. The number of aromatic amines is 1. The van der Waals surface area contributed by atoms with Gasteiger partial charge in [-0.2, -0.15) is 0 Å². The third kappa shape index (κ3) is 11.1. The summed E-state index contributed by atoms with van der Waals surface area (Å²) >= 11 is 0. The van der Waals surface area contributed by atoms with E-state index in [2.05, 4.69) is 40.3 Å². The molecule has 0 amide bonds. The van der Waals surface area contributed by atoms with Crippen LogP contribution >= 0.6 is 0 Å². The van der Waals surface area contributed by atoms with Crippen molar-refractivity contribution in [2.45, 2.75) is 54.9 Å². The molecule has 5 heteroatoms. The minimum absolute atomic E-state index is 0.653. The van der Waals surface area contributed by atoms with Crippen molar-refractivity contribution in [3.8, 4) is 0 Å². The monoisotopic (exact) mass is 393 g/mol. The lowest BCUT2D eigenvalue weighted by Gasteiger charge is -2.25. The summed E-state index contributed by atoms with van der Waals surface area (Å²) in [5, 5.41) is 4.42. The normalized spacial score (nSPS) is 12.6. The van der Waals surface area contributed by atoms with Crippen LogP contribution in [-0.4, -0.2) is 56.1 Å². The smallest absolute Gasteiger partial charge is 0.121 e. The Morgan fingerprint density at radius 1 is 1.11 bits per heavy atom. The molecule has 2 heterocycles. The zero-order valence-electron chi connectivity index (χ0n) is 19.4. The molecule has 0 bridgehead atoms. The van der Waals surface area contributed by atoms with Crippen LogP contribution in [0.2, 0.25) is 0 Å². The summed E-state index contributed by atoms with van der Waals surface area (Å²) in [6.07, 6.45) is 1.62. The van der Waals surface area contributed by atoms with Gasteiger partial charge in [0.15, 0.2) is 0 Å². The molecule has 1 aromatic carbocycles. The van der Waals surface area contributed by atoms with Gasteiger partial charge in [-0.05, 0) is 25.1 Å². The van der Waals surface area contributed by atoms with Gasteiger partial charge in [0.25, 0.3) is 0 Å². The van der Waals surface area contributed by atoms with Crippen LogP contribution in [0.3, 0.4) is 0 Å². The molecule has 28 heavy (non-hydrogen) atoms. The van der Waals surface area contributed by atoms with Crippen LogP contribution < -0.4 is 5.32 Å². The van der Waals surface area contributed by atoms with E-state index in [0.29, 0.717) is 6.42 Å². The van der Waals surface area contributed by atoms with Gasteiger partial charge in [0, 0.05) is 55.4 Å². The third-order valence-corrected chi connectivity index (χ3v) is 3.74. The molecule has 1 fully saturated rings. The highest BCUT2D eigenvalue weighted by Gasteiger charge is 2.08. The first-order chi connectivity index (χ1) is 13.7. The van der Waals surface area contributed by atoms with Crippen molar-refractivity contribution in [2.75, 3.05) is 45.2 Å². The first kappa shape index (κ1) is 28.4. The van der Waals surface area contributed by atoms with Gasteiger partial charge >= 0.3 is 0 Å². The molecule has 0 saturated carbocycles. The Labute approximate surface area is 172 Å². The fourth-order valence-electron chi connectivity index (χ4n) is 2.57. The minimum atomic E-state index is 0.653. The van der Waals surface area contributed by atoms with Gasteiger partial charge in [-0.1, -0.05) is 47.6 Å². The number of aromatic nitrogens is 1. The van der Waals surface area contributed by atoms with Crippen LogP contribution in [0.4, 0.5) is 5.69 Å². The SMILES string of the molecule is CC.CC.CC.CNc1cccc2[nH]c(C)cc12.O=CCCN1CCOCC1. The number of ether oxygens (including phenoxy) is 1. The molecule has 5 nitrogen and oxygen atoms in total. The highest BCUT2D eigenvalue weighted by molar-refractivity contribution is 5.92. The Morgan fingerprint density at radius 3 is 2.25 bits per heavy atom. The molecular formula is C23H43N3O2. The molecule has 1 aliphatic rings. The van der Waals surface area contributed by atoms with Crippen LogP contribution in [0.1, 0.15) is 53.7 Å². The number of hydrogen-bond acceptors (Lipinski definition) is 4. The molecule has 0 radical (unpaired) electrons. The molecule has 2 N–H and O–H groups in total. The largest absolute Gasteiger partial charge is 0.388 e. The molecule has 1 aromatic heterocycles. The summed E-state index contributed by atoms with van der Waals surface area (Å²) in [6, 6.07) is 8.37. The molecule has 0 atom stereocenters. The number of carbonyl (C=O) groups excluding carboxylic acids is 1. The topological polar surface area (TPSA) is 57.4 Å². The molecule has 2 aromatic rings. The average molecular weight is 394 g/mol. The first-order valence-corrected chi connectivity index (χ1v) is 10.7. The quantitative estimate of drug-likeness (QED) is 0.673. The number of hydrogen-bond donors (Lipinski definition) is 2. The average Bonchev–Trinajstić information content (AvgIpc) is 3.18. The zero-order chi connectivity index (χ0) is 21.8. The number of rotatable bonds is 4. The molecule has 1 saturated heterocycles. The lowest BCUT2D eigenvalue weighted by atomic mass is 10.2. The molecule has 1 aliphatic heterocycles. The van der Waals surface area contributed by atoms with Crippen molar-refractivity contribution in [2.24, 2.45) is 0 Å². The summed E-state index contributed by atoms with van der Waals surface area (Å²) in [4.78, 5) is 15.5. The summed E-state index contributed by atoms with van der Waals surface area (Å²) in [6.45, 7) is 18.6. The molecule has 162 valence electrons. The fraction of sp³-hybridized carbons (Fsp3) is 0.609. The predicted octanol–water partition coefficient (Wildman–Crippen LogP) is 5.50. The summed E-state index contributed by atoms with van der Waals surface area (Å²) in [5.41, 5.74) is 3.57. The number of fused-ring (bicyclic) bond motifs is 1. The highest BCUT2D eigenvalue weighted by atomic mass is 16.5. The Kier molecular flexibility index (Phi) is 20.2. The van der Waals surface area contributed by atoms with E-state index in [-0.39, 0.29) is 0 Å². The molecule has 3 rings (SSSR count). The Morgan fingerprint density at radius 2 is 1.71 bits per heavy atom. The second-order valence-electron chi connectivity index (χ2n) is 5.38. The molecule has 0 aliphatic carbocycles. The summed E-state index contributed by atoms with van der Waals surface area (Å²) < 4.78 is 5.15. The van der Waals surface area contributed by atoms with Crippen molar-refractivity contribution in [3.05, 3.63) is 30.0 Å². The van der Waals surface area contributed by atoms with Crippen LogP contribution in [0.5, 0.6) is 0 Å². The molecule has 0 spiro atoms. The number of aryl methyl sites for hydroxylation is 1. The van der Waals surface area contributed by atoms with E-state index in [1.54, 1.807) is 0 Å². The van der Waals surface area contributed by atoms with Crippen LogP contribution in [0.15, 0.2) is 24.3 Å². The number of benzene rings is 1. The van der Waals surface area contributed by atoms with Gasteiger partial charge in [-0.25, -0.2) is 0 Å². The summed E-state index contributed by atoms with van der Waals surface area (Å²) in [7, 11) is 1.94. The molecule has 0 unspecified atom stereocenters. The van der Waals surface area contributed by atoms with Gasteiger partial charge in [0.1, 0.15) is 6.29 Å². The van der Waals surface area contributed by atoms with E-state index in [0.717, 1.165) is 39.1 Å². The maximum atomic E-state index is 9.99. The number of anilines is 1. The fourth-order valence-corrected chi connectivity index (χ4v) is 2.57. The van der Waals surface area contributed by atoms with Crippen LogP contribution in [0, 0.1) is 6.92 Å². The van der Waals surface area contributed by atoms with Gasteiger partial charge < -0.3 is 19.8 Å². The maximum Gasteiger partial charge on any atom is 0.121 e. The van der Waals surface area contributed by atoms with E-state index >= 15 is 0 Å². The van der Waals surface area contributed by atoms with E-state index in [1.807, 2.05) is 54.7 Å². The standard InChI is InChI=1S/C10H12N2.C7H13NO2.3C2H6/c1-7-6-8-9(11-2)4-3-5-10(8)12-7;9-5-1-2-8-3-6-10-7-4-8;3*1-2/h3-6,11-12H,1-2H3;5H,1-4,6-7H2;3*1-2H3.